The molecule has 0 atom stereocenters. The molecular weight excluding hydrogens is 719 g/mol. The third kappa shape index (κ3) is 5.94. The molecule has 11 aromatic rings. The van der Waals surface area contributed by atoms with Gasteiger partial charge in [-0.15, -0.1) is 11.3 Å². The molecule has 0 aliphatic heterocycles. The molecule has 0 saturated heterocycles. The van der Waals surface area contributed by atoms with E-state index in [9.17, 15) is 0 Å². The van der Waals surface area contributed by atoms with E-state index in [0.29, 0.717) is 0 Å². The van der Waals surface area contributed by atoms with Gasteiger partial charge < -0.3 is 4.90 Å². The number of rotatable bonds is 7. The van der Waals surface area contributed by atoms with Crippen molar-refractivity contribution in [1.82, 2.24) is 0 Å². The normalized spacial score (nSPS) is 11.4. The highest BCUT2D eigenvalue weighted by Crippen LogP contribution is 2.47. The van der Waals surface area contributed by atoms with E-state index in [-0.39, 0.29) is 0 Å². The first kappa shape index (κ1) is 34.0. The zero-order valence-electron chi connectivity index (χ0n) is 31.7. The molecule has 1 heterocycles. The molecule has 0 N–H and O–H groups in total. The summed E-state index contributed by atoms with van der Waals surface area (Å²) in [5.74, 6) is 0. The number of para-hydroxylation sites is 1. The zero-order valence-corrected chi connectivity index (χ0v) is 32.5. The largest absolute Gasteiger partial charge is 0.310 e. The van der Waals surface area contributed by atoms with Gasteiger partial charge in [-0.3, -0.25) is 0 Å². The Morgan fingerprint density at radius 3 is 1.71 bits per heavy atom. The Bertz CT molecular complexity index is 3290. The third-order valence-electron chi connectivity index (χ3n) is 11.5. The van der Waals surface area contributed by atoms with E-state index in [4.69, 9.17) is 0 Å². The number of hydrogen-bond donors (Lipinski definition) is 0. The summed E-state index contributed by atoms with van der Waals surface area (Å²) in [5.41, 5.74) is 13.0. The standard InChI is InChI=1S/C56H37NS/c1-2-16-41-36-43(31-30-38(41)14-1)49-22-6-5-21-48(49)42-18-11-19-45(37-42)57(44-34-32-40(33-35-44)47-25-12-17-39-15-3-4-20-46(39)47)54-28-9-7-23-50(54)52-26-13-27-53-51-24-8-10-29-55(51)58-56(52)53/h1-37H. The van der Waals surface area contributed by atoms with E-state index >= 15 is 0 Å². The highest BCUT2D eigenvalue weighted by Gasteiger charge is 2.21. The first-order valence-electron chi connectivity index (χ1n) is 19.8. The van der Waals surface area contributed by atoms with Crippen molar-refractivity contribution in [3.05, 3.63) is 224 Å². The molecule has 0 fully saturated rings. The van der Waals surface area contributed by atoms with Gasteiger partial charge in [0.15, 0.2) is 0 Å². The topological polar surface area (TPSA) is 3.24 Å². The van der Waals surface area contributed by atoms with Crippen LogP contribution < -0.4 is 4.90 Å². The second kappa shape index (κ2) is 14.4. The van der Waals surface area contributed by atoms with Gasteiger partial charge in [0.2, 0.25) is 0 Å². The van der Waals surface area contributed by atoms with Gasteiger partial charge in [-0.25, -0.2) is 0 Å². The second-order valence-corrected chi connectivity index (χ2v) is 15.9. The van der Waals surface area contributed by atoms with Crippen molar-refractivity contribution in [3.8, 4) is 44.5 Å². The Labute approximate surface area is 342 Å². The maximum absolute atomic E-state index is 2.44. The molecule has 58 heavy (non-hydrogen) atoms. The van der Waals surface area contributed by atoms with Gasteiger partial charge in [0.05, 0.1) is 5.69 Å². The van der Waals surface area contributed by atoms with E-state index in [1.165, 1.54) is 86.2 Å². The smallest absolute Gasteiger partial charge is 0.0540 e. The Kier molecular flexibility index (Phi) is 8.42. The van der Waals surface area contributed by atoms with Crippen LogP contribution in [0.5, 0.6) is 0 Å². The minimum atomic E-state index is 1.10. The molecule has 1 nitrogen and oxygen atoms in total. The van der Waals surface area contributed by atoms with Crippen molar-refractivity contribution in [2.45, 2.75) is 0 Å². The van der Waals surface area contributed by atoms with E-state index in [2.05, 4.69) is 229 Å². The molecule has 0 spiro atoms. The van der Waals surface area contributed by atoms with Gasteiger partial charge >= 0.3 is 0 Å². The summed E-state index contributed by atoms with van der Waals surface area (Å²) in [6, 6.07) is 82.0. The van der Waals surface area contributed by atoms with Crippen molar-refractivity contribution in [1.29, 1.82) is 0 Å². The van der Waals surface area contributed by atoms with E-state index in [1.807, 2.05) is 11.3 Å². The van der Waals surface area contributed by atoms with Crippen LogP contribution in [-0.4, -0.2) is 0 Å². The third-order valence-corrected chi connectivity index (χ3v) is 12.7. The molecule has 0 unspecified atom stereocenters. The summed E-state index contributed by atoms with van der Waals surface area (Å²) in [7, 11) is 0. The van der Waals surface area contributed by atoms with Crippen LogP contribution in [-0.2, 0) is 0 Å². The molecular formula is C56H37NS. The van der Waals surface area contributed by atoms with E-state index < -0.39 is 0 Å². The molecule has 0 amide bonds. The summed E-state index contributed by atoms with van der Waals surface area (Å²) in [6.07, 6.45) is 0. The number of anilines is 3. The summed E-state index contributed by atoms with van der Waals surface area (Å²) < 4.78 is 2.61. The summed E-state index contributed by atoms with van der Waals surface area (Å²) in [6.45, 7) is 0. The highest BCUT2D eigenvalue weighted by atomic mass is 32.1. The van der Waals surface area contributed by atoms with Crippen molar-refractivity contribution in [3.63, 3.8) is 0 Å². The number of nitrogens with zero attached hydrogens (tertiary/aromatic N) is 1. The average Bonchev–Trinajstić information content (AvgIpc) is 3.69. The molecule has 0 saturated carbocycles. The fourth-order valence-corrected chi connectivity index (χ4v) is 9.94. The van der Waals surface area contributed by atoms with Crippen LogP contribution in [0.2, 0.25) is 0 Å². The van der Waals surface area contributed by atoms with Crippen molar-refractivity contribution < 1.29 is 0 Å². The lowest BCUT2D eigenvalue weighted by molar-refractivity contribution is 1.28. The number of thiophene rings is 1. The van der Waals surface area contributed by atoms with Gasteiger partial charge in [0.1, 0.15) is 0 Å². The maximum Gasteiger partial charge on any atom is 0.0540 e. The predicted molar refractivity (Wildman–Crippen MR) is 251 cm³/mol. The molecule has 1 aromatic heterocycles. The minimum absolute atomic E-state index is 1.10. The Morgan fingerprint density at radius 2 is 0.862 bits per heavy atom. The lowest BCUT2D eigenvalue weighted by Crippen LogP contribution is -2.11. The summed E-state index contributed by atoms with van der Waals surface area (Å²) in [5, 5.41) is 7.60. The zero-order chi connectivity index (χ0) is 38.4. The van der Waals surface area contributed by atoms with Crippen molar-refractivity contribution in [2.75, 3.05) is 4.90 Å². The molecule has 0 bridgehead atoms. The van der Waals surface area contributed by atoms with E-state index in [1.54, 1.807) is 0 Å². The van der Waals surface area contributed by atoms with Crippen LogP contribution in [0.4, 0.5) is 17.1 Å². The van der Waals surface area contributed by atoms with Crippen LogP contribution >= 0.6 is 11.3 Å². The average molecular weight is 756 g/mol. The molecule has 2 heteroatoms. The van der Waals surface area contributed by atoms with Gasteiger partial charge in [0.25, 0.3) is 0 Å². The lowest BCUT2D eigenvalue weighted by Gasteiger charge is -2.29. The fraction of sp³-hybridized carbons (Fsp3) is 0. The number of hydrogen-bond acceptors (Lipinski definition) is 2. The Hall–Kier alpha value is -7.26. The predicted octanol–water partition coefficient (Wildman–Crippen LogP) is 16.5. The van der Waals surface area contributed by atoms with Crippen LogP contribution in [0.1, 0.15) is 0 Å². The molecule has 10 aromatic carbocycles. The van der Waals surface area contributed by atoms with Crippen LogP contribution in [0.25, 0.3) is 86.2 Å². The first-order valence-corrected chi connectivity index (χ1v) is 20.7. The first-order chi connectivity index (χ1) is 28.8. The minimum Gasteiger partial charge on any atom is -0.310 e. The summed E-state index contributed by atoms with van der Waals surface area (Å²) >= 11 is 1.88. The Balaban J connectivity index is 1.09. The van der Waals surface area contributed by atoms with Gasteiger partial charge in [0, 0.05) is 42.7 Å². The molecule has 272 valence electrons. The van der Waals surface area contributed by atoms with Gasteiger partial charge in [-0.1, -0.05) is 182 Å². The van der Waals surface area contributed by atoms with Gasteiger partial charge in [-0.2, -0.15) is 0 Å². The SMILES string of the molecule is c1cc(-c2ccccc2-c2ccc3ccccc3c2)cc(N(c2ccc(-c3cccc4ccccc34)cc2)c2ccccc2-c2cccc3c2sc2ccccc23)c1. The lowest BCUT2D eigenvalue weighted by atomic mass is 9.93. The Morgan fingerprint density at radius 1 is 0.293 bits per heavy atom. The fourth-order valence-electron chi connectivity index (χ4n) is 8.71. The monoisotopic (exact) mass is 755 g/mol. The molecule has 0 radical (unpaired) electrons. The van der Waals surface area contributed by atoms with Crippen LogP contribution in [0.3, 0.4) is 0 Å². The highest BCUT2D eigenvalue weighted by molar-refractivity contribution is 7.26. The molecule has 11 rings (SSSR count). The van der Waals surface area contributed by atoms with E-state index in [0.717, 1.165) is 17.1 Å². The second-order valence-electron chi connectivity index (χ2n) is 14.9. The van der Waals surface area contributed by atoms with Crippen molar-refractivity contribution in [2.24, 2.45) is 0 Å². The summed E-state index contributed by atoms with van der Waals surface area (Å²) in [4.78, 5) is 2.44. The van der Waals surface area contributed by atoms with Crippen molar-refractivity contribution >= 4 is 70.1 Å². The van der Waals surface area contributed by atoms with Crippen LogP contribution in [0, 0.1) is 0 Å². The number of fused-ring (bicyclic) bond motifs is 5. The number of benzene rings is 10. The molecule has 0 aliphatic carbocycles. The quantitative estimate of drug-likeness (QED) is 0.157. The van der Waals surface area contributed by atoms with Crippen LogP contribution in [0.15, 0.2) is 224 Å². The van der Waals surface area contributed by atoms with Gasteiger partial charge in [-0.05, 0) is 97.4 Å². The molecule has 0 aliphatic rings. The maximum atomic E-state index is 2.44.